The van der Waals surface area contributed by atoms with Crippen LogP contribution in [0.3, 0.4) is 0 Å². The number of fused-ring (bicyclic) bond motifs is 12. The van der Waals surface area contributed by atoms with Crippen LogP contribution in [0.5, 0.6) is 0 Å². The maximum Gasteiger partial charge on any atom is 0.0794 e. The third kappa shape index (κ3) is 5.72. The SMILES string of the molecule is C1=Cc2ccc3ccc(-c4ccc5ccc(-c6ccc(-c7nc8ccccc8c8c9ccccc9c9ccccc9c78)cc6)cc5c4)nc3c2CCC=C1c1ccccc1. The molecule has 0 N–H and O–H groups in total. The van der Waals surface area contributed by atoms with E-state index in [4.69, 9.17) is 9.97 Å². The van der Waals surface area contributed by atoms with Crippen LogP contribution in [-0.2, 0) is 6.42 Å². The number of hydrogen-bond donors (Lipinski definition) is 0. The van der Waals surface area contributed by atoms with Gasteiger partial charge >= 0.3 is 0 Å². The Hall–Kier alpha value is -7.68. The molecular weight excluding hydrogens is 725 g/mol. The Morgan fingerprint density at radius 3 is 1.80 bits per heavy atom. The maximum absolute atomic E-state index is 5.37. The summed E-state index contributed by atoms with van der Waals surface area (Å²) in [7, 11) is 0. The third-order valence-corrected chi connectivity index (χ3v) is 12.5. The third-order valence-electron chi connectivity index (χ3n) is 12.5. The molecule has 0 amide bonds. The van der Waals surface area contributed by atoms with Gasteiger partial charge in [0.25, 0.3) is 0 Å². The number of nitrogens with zero attached hydrogens (tertiary/aromatic N) is 2. The van der Waals surface area contributed by atoms with E-state index in [1.807, 2.05) is 0 Å². The monoisotopic (exact) mass is 762 g/mol. The number of aromatic nitrogens is 2. The molecule has 0 bridgehead atoms. The second-order valence-electron chi connectivity index (χ2n) is 16.0. The first-order chi connectivity index (χ1) is 29.7. The molecule has 60 heavy (non-hydrogen) atoms. The van der Waals surface area contributed by atoms with Gasteiger partial charge in [-0.25, -0.2) is 9.97 Å². The summed E-state index contributed by atoms with van der Waals surface area (Å²) in [6, 6.07) is 68.1. The smallest absolute Gasteiger partial charge is 0.0794 e. The first-order valence-electron chi connectivity index (χ1n) is 20.9. The van der Waals surface area contributed by atoms with Crippen LogP contribution in [0.1, 0.15) is 23.1 Å². The molecule has 0 atom stereocenters. The van der Waals surface area contributed by atoms with Crippen LogP contribution in [0.4, 0.5) is 0 Å². The average molecular weight is 763 g/mol. The van der Waals surface area contributed by atoms with Crippen LogP contribution in [-0.4, -0.2) is 9.97 Å². The summed E-state index contributed by atoms with van der Waals surface area (Å²) in [5, 5.41) is 12.2. The molecule has 0 spiro atoms. The van der Waals surface area contributed by atoms with Crippen LogP contribution < -0.4 is 0 Å². The lowest BCUT2D eigenvalue weighted by atomic mass is 9.89. The highest BCUT2D eigenvalue weighted by Gasteiger charge is 2.18. The molecule has 2 heterocycles. The van der Waals surface area contributed by atoms with Crippen molar-refractivity contribution in [3.05, 3.63) is 217 Å². The first-order valence-corrected chi connectivity index (χ1v) is 20.9. The Bertz CT molecular complexity index is 3580. The predicted octanol–water partition coefficient (Wildman–Crippen LogP) is 15.4. The zero-order chi connectivity index (χ0) is 39.6. The van der Waals surface area contributed by atoms with Crippen LogP contribution in [0.25, 0.3) is 110 Å². The fourth-order valence-corrected chi connectivity index (χ4v) is 9.55. The molecule has 0 fully saturated rings. The molecule has 2 aromatic heterocycles. The maximum atomic E-state index is 5.37. The van der Waals surface area contributed by atoms with Gasteiger partial charge in [-0.15, -0.1) is 0 Å². The molecule has 280 valence electrons. The van der Waals surface area contributed by atoms with E-state index in [9.17, 15) is 0 Å². The van der Waals surface area contributed by atoms with Gasteiger partial charge in [-0.1, -0.05) is 182 Å². The van der Waals surface area contributed by atoms with Crippen molar-refractivity contribution >= 4 is 76.5 Å². The van der Waals surface area contributed by atoms with Crippen molar-refractivity contribution < 1.29 is 0 Å². The molecule has 1 aliphatic carbocycles. The van der Waals surface area contributed by atoms with E-state index in [0.717, 1.165) is 46.4 Å². The molecule has 12 rings (SSSR count). The molecule has 1 aliphatic rings. The second kappa shape index (κ2) is 14.0. The number of pyridine rings is 2. The molecular formula is C58H38N2. The van der Waals surface area contributed by atoms with E-state index in [0.29, 0.717) is 0 Å². The van der Waals surface area contributed by atoms with Crippen molar-refractivity contribution in [1.82, 2.24) is 9.97 Å². The zero-order valence-corrected chi connectivity index (χ0v) is 32.9. The number of benzene rings is 9. The van der Waals surface area contributed by atoms with Gasteiger partial charge in [-0.3, -0.25) is 0 Å². The summed E-state index contributed by atoms with van der Waals surface area (Å²) in [6.45, 7) is 0. The summed E-state index contributed by atoms with van der Waals surface area (Å²) in [5.41, 5.74) is 13.8. The minimum atomic E-state index is 0.949. The minimum absolute atomic E-state index is 0.949. The fourth-order valence-electron chi connectivity index (χ4n) is 9.55. The van der Waals surface area contributed by atoms with Crippen molar-refractivity contribution in [2.75, 3.05) is 0 Å². The molecule has 2 nitrogen and oxygen atoms in total. The number of rotatable bonds is 4. The number of allylic oxidation sites excluding steroid dienone is 3. The Labute approximate surface area is 348 Å². The van der Waals surface area contributed by atoms with E-state index in [1.54, 1.807) is 0 Å². The zero-order valence-electron chi connectivity index (χ0n) is 32.9. The summed E-state index contributed by atoms with van der Waals surface area (Å²) < 4.78 is 0. The second-order valence-corrected chi connectivity index (χ2v) is 16.0. The van der Waals surface area contributed by atoms with Gasteiger partial charge in [0.05, 0.1) is 22.4 Å². The Kier molecular flexibility index (Phi) is 8.02. The van der Waals surface area contributed by atoms with Crippen LogP contribution in [0.15, 0.2) is 200 Å². The van der Waals surface area contributed by atoms with Crippen molar-refractivity contribution in [2.45, 2.75) is 12.8 Å². The van der Waals surface area contributed by atoms with Gasteiger partial charge in [-0.05, 0) is 103 Å². The van der Waals surface area contributed by atoms with Crippen molar-refractivity contribution in [3.8, 4) is 33.6 Å². The van der Waals surface area contributed by atoms with Crippen molar-refractivity contribution in [1.29, 1.82) is 0 Å². The topological polar surface area (TPSA) is 25.8 Å². The van der Waals surface area contributed by atoms with Gasteiger partial charge in [0.15, 0.2) is 0 Å². The normalized spacial score (nSPS) is 12.9. The van der Waals surface area contributed by atoms with Crippen LogP contribution >= 0.6 is 0 Å². The molecule has 11 aromatic rings. The molecule has 0 unspecified atom stereocenters. The quantitative estimate of drug-likeness (QED) is 0.167. The van der Waals surface area contributed by atoms with E-state index in [-0.39, 0.29) is 0 Å². The van der Waals surface area contributed by atoms with E-state index < -0.39 is 0 Å². The molecule has 2 heteroatoms. The molecule has 0 saturated carbocycles. The summed E-state index contributed by atoms with van der Waals surface area (Å²) in [5.74, 6) is 0. The predicted molar refractivity (Wildman–Crippen MR) is 255 cm³/mol. The highest BCUT2D eigenvalue weighted by molar-refractivity contribution is 6.33. The summed E-state index contributed by atoms with van der Waals surface area (Å²) >= 11 is 0. The fraction of sp³-hybridized carbons (Fsp3) is 0.0345. The highest BCUT2D eigenvalue weighted by Crippen LogP contribution is 2.43. The first kappa shape index (κ1) is 34.4. The lowest BCUT2D eigenvalue weighted by molar-refractivity contribution is 1.00. The Balaban J connectivity index is 0.914. The van der Waals surface area contributed by atoms with Crippen LogP contribution in [0.2, 0.25) is 0 Å². The largest absolute Gasteiger partial charge is 0.247 e. The van der Waals surface area contributed by atoms with Crippen molar-refractivity contribution in [2.24, 2.45) is 0 Å². The van der Waals surface area contributed by atoms with Gasteiger partial charge in [0.2, 0.25) is 0 Å². The molecule has 0 aliphatic heterocycles. The standard InChI is InChI=1S/C58H38N2/c1-2-11-37(12-3-1)38-13-10-19-47-41(26-21-38)27-30-42-33-34-53(59-57(42)47)45-32-25-40-24-31-44(35-46(40)36-45)39-22-28-43(29-23-39)58-56-51-17-7-5-15-49(51)48-14-4-6-16-50(48)55(56)52-18-8-9-20-54(52)60-58/h1-9,11-18,20-36H,10,19H2. The van der Waals surface area contributed by atoms with Crippen molar-refractivity contribution in [3.63, 3.8) is 0 Å². The molecule has 9 aromatic carbocycles. The van der Waals surface area contributed by atoms with Gasteiger partial charge < -0.3 is 0 Å². The summed E-state index contributed by atoms with van der Waals surface area (Å²) in [6.07, 6.45) is 8.79. The molecule has 0 radical (unpaired) electrons. The average Bonchev–Trinajstić information content (AvgIpc) is 3.31. The minimum Gasteiger partial charge on any atom is -0.247 e. The summed E-state index contributed by atoms with van der Waals surface area (Å²) in [4.78, 5) is 10.7. The lowest BCUT2D eigenvalue weighted by Gasteiger charge is -2.16. The lowest BCUT2D eigenvalue weighted by Crippen LogP contribution is -1.97. The van der Waals surface area contributed by atoms with E-state index >= 15 is 0 Å². The molecule has 0 saturated heterocycles. The van der Waals surface area contributed by atoms with Gasteiger partial charge in [0.1, 0.15) is 0 Å². The Morgan fingerprint density at radius 2 is 1.00 bits per heavy atom. The van der Waals surface area contributed by atoms with E-state index in [2.05, 4.69) is 206 Å². The van der Waals surface area contributed by atoms with Gasteiger partial charge in [0, 0.05) is 32.7 Å². The number of para-hydroxylation sites is 1. The van der Waals surface area contributed by atoms with Gasteiger partial charge in [-0.2, -0.15) is 0 Å². The Morgan fingerprint density at radius 1 is 0.383 bits per heavy atom. The highest BCUT2D eigenvalue weighted by atomic mass is 14.7. The number of hydrogen-bond acceptors (Lipinski definition) is 2. The van der Waals surface area contributed by atoms with E-state index in [1.165, 1.54) is 87.3 Å². The van der Waals surface area contributed by atoms with Crippen LogP contribution in [0, 0.1) is 0 Å². The number of aryl methyl sites for hydroxylation is 1.